The maximum Gasteiger partial charge on any atom is 0.319 e. The first kappa shape index (κ1) is 14.2. The van der Waals surface area contributed by atoms with Crippen LogP contribution in [0.5, 0.6) is 0 Å². The monoisotopic (exact) mass is 253 g/mol. The van der Waals surface area contributed by atoms with Gasteiger partial charge < -0.3 is 20.3 Å². The van der Waals surface area contributed by atoms with Gasteiger partial charge in [0, 0.05) is 25.9 Å². The number of aliphatic hydroxyl groups excluding tert-OH is 1. The number of amides is 2. The molecule has 3 N–H and O–H groups in total. The molecule has 18 heavy (non-hydrogen) atoms. The van der Waals surface area contributed by atoms with Crippen LogP contribution in [-0.2, 0) is 7.05 Å². The van der Waals surface area contributed by atoms with Crippen LogP contribution in [0.3, 0.4) is 0 Å². The normalized spacial score (nSPS) is 11.9. The van der Waals surface area contributed by atoms with Gasteiger partial charge in [-0.25, -0.2) is 4.79 Å². The first-order chi connectivity index (χ1) is 8.52. The SMILES string of the molecule is CCCC(O)CNC(=O)Nc1ccc(=O)n(C)c1. The number of hydrogen-bond acceptors (Lipinski definition) is 3. The summed E-state index contributed by atoms with van der Waals surface area (Å²) < 4.78 is 1.38. The van der Waals surface area contributed by atoms with E-state index in [1.54, 1.807) is 7.05 Å². The Morgan fingerprint density at radius 2 is 2.22 bits per heavy atom. The third kappa shape index (κ3) is 4.58. The molecule has 1 rings (SSSR count). The van der Waals surface area contributed by atoms with Gasteiger partial charge in [-0.15, -0.1) is 0 Å². The predicted molar refractivity (Wildman–Crippen MR) is 69.6 cm³/mol. The van der Waals surface area contributed by atoms with Gasteiger partial charge in [-0.3, -0.25) is 4.79 Å². The zero-order chi connectivity index (χ0) is 13.5. The van der Waals surface area contributed by atoms with E-state index in [9.17, 15) is 14.7 Å². The molecule has 1 unspecified atom stereocenters. The summed E-state index contributed by atoms with van der Waals surface area (Å²) in [4.78, 5) is 22.6. The highest BCUT2D eigenvalue weighted by Crippen LogP contribution is 2.01. The average Bonchev–Trinajstić information content (AvgIpc) is 2.32. The number of aryl methyl sites for hydroxylation is 1. The third-order valence-corrected chi connectivity index (χ3v) is 2.46. The quantitative estimate of drug-likeness (QED) is 0.721. The Kier molecular flexibility index (Phi) is 5.38. The summed E-state index contributed by atoms with van der Waals surface area (Å²) in [7, 11) is 1.61. The topological polar surface area (TPSA) is 83.4 Å². The van der Waals surface area contributed by atoms with Crippen molar-refractivity contribution >= 4 is 11.7 Å². The number of nitrogens with one attached hydrogen (secondary N) is 2. The largest absolute Gasteiger partial charge is 0.391 e. The highest BCUT2D eigenvalue weighted by atomic mass is 16.3. The highest BCUT2D eigenvalue weighted by molar-refractivity contribution is 5.88. The third-order valence-electron chi connectivity index (χ3n) is 2.46. The number of hydrogen-bond donors (Lipinski definition) is 3. The Labute approximate surface area is 106 Å². The second-order valence-electron chi connectivity index (χ2n) is 4.14. The summed E-state index contributed by atoms with van der Waals surface area (Å²) in [6.07, 6.45) is 2.52. The van der Waals surface area contributed by atoms with Crippen LogP contribution in [0.2, 0.25) is 0 Å². The molecular weight excluding hydrogens is 234 g/mol. The van der Waals surface area contributed by atoms with Crippen molar-refractivity contribution in [1.29, 1.82) is 0 Å². The van der Waals surface area contributed by atoms with Crippen molar-refractivity contribution in [1.82, 2.24) is 9.88 Å². The molecule has 1 heterocycles. The Bertz CT molecular complexity index is 456. The number of anilines is 1. The molecule has 0 bridgehead atoms. The smallest absolute Gasteiger partial charge is 0.319 e. The van der Waals surface area contributed by atoms with E-state index in [-0.39, 0.29) is 12.1 Å². The van der Waals surface area contributed by atoms with Gasteiger partial charge in [0.1, 0.15) is 0 Å². The highest BCUT2D eigenvalue weighted by Gasteiger charge is 2.06. The van der Waals surface area contributed by atoms with Crippen molar-refractivity contribution in [2.75, 3.05) is 11.9 Å². The fraction of sp³-hybridized carbons (Fsp3) is 0.500. The lowest BCUT2D eigenvalue weighted by Gasteiger charge is -2.11. The average molecular weight is 253 g/mol. The molecule has 1 aromatic rings. The summed E-state index contributed by atoms with van der Waals surface area (Å²) in [6.45, 7) is 2.18. The number of carbonyl (C=O) groups excluding carboxylic acids is 1. The zero-order valence-corrected chi connectivity index (χ0v) is 10.6. The lowest BCUT2D eigenvalue weighted by Crippen LogP contribution is -2.35. The van der Waals surface area contributed by atoms with E-state index >= 15 is 0 Å². The standard InChI is InChI=1S/C12H19N3O3/c1-3-4-10(16)7-13-12(18)14-9-5-6-11(17)15(2)8-9/h5-6,8,10,16H,3-4,7H2,1-2H3,(H2,13,14,18). The van der Waals surface area contributed by atoms with Crippen molar-refractivity contribution in [2.24, 2.45) is 7.05 Å². The van der Waals surface area contributed by atoms with Gasteiger partial charge in [-0.2, -0.15) is 0 Å². The Balaban J connectivity index is 2.44. The van der Waals surface area contributed by atoms with Crippen LogP contribution in [0.1, 0.15) is 19.8 Å². The minimum absolute atomic E-state index is 0.140. The molecule has 0 saturated heterocycles. The van der Waals surface area contributed by atoms with E-state index in [2.05, 4.69) is 10.6 Å². The van der Waals surface area contributed by atoms with Crippen molar-refractivity contribution in [3.63, 3.8) is 0 Å². The molecule has 1 atom stereocenters. The summed E-state index contributed by atoms with van der Waals surface area (Å²) in [6, 6.07) is 2.51. The minimum atomic E-state index is -0.527. The molecule has 0 aliphatic carbocycles. The van der Waals surface area contributed by atoms with Crippen LogP contribution in [0.15, 0.2) is 23.1 Å². The first-order valence-corrected chi connectivity index (χ1v) is 5.92. The van der Waals surface area contributed by atoms with Crippen molar-refractivity contribution < 1.29 is 9.90 Å². The molecule has 0 aliphatic heterocycles. The molecule has 0 spiro atoms. The lowest BCUT2D eigenvalue weighted by atomic mass is 10.2. The molecular formula is C12H19N3O3. The van der Waals surface area contributed by atoms with E-state index in [0.29, 0.717) is 12.1 Å². The number of nitrogens with zero attached hydrogens (tertiary/aromatic N) is 1. The fourth-order valence-electron chi connectivity index (χ4n) is 1.49. The Hall–Kier alpha value is -1.82. The fourth-order valence-corrected chi connectivity index (χ4v) is 1.49. The second-order valence-corrected chi connectivity index (χ2v) is 4.14. The first-order valence-electron chi connectivity index (χ1n) is 5.92. The summed E-state index contributed by atoms with van der Waals surface area (Å²) >= 11 is 0. The Morgan fingerprint density at radius 1 is 1.50 bits per heavy atom. The van der Waals surface area contributed by atoms with E-state index in [0.717, 1.165) is 6.42 Å². The molecule has 0 aromatic carbocycles. The van der Waals surface area contributed by atoms with Crippen LogP contribution in [-0.4, -0.2) is 28.4 Å². The molecule has 6 heteroatoms. The van der Waals surface area contributed by atoms with Gasteiger partial charge in [0.25, 0.3) is 0 Å². The molecule has 0 fully saturated rings. The van der Waals surface area contributed by atoms with Gasteiger partial charge in [0.2, 0.25) is 5.56 Å². The van der Waals surface area contributed by atoms with Crippen molar-refractivity contribution in [3.05, 3.63) is 28.7 Å². The molecule has 0 aliphatic rings. The van der Waals surface area contributed by atoms with E-state index in [1.165, 1.54) is 22.9 Å². The maximum atomic E-state index is 11.5. The summed E-state index contributed by atoms with van der Waals surface area (Å²) in [5, 5.41) is 14.6. The second kappa shape index (κ2) is 6.80. The maximum absolute atomic E-state index is 11.5. The van der Waals surface area contributed by atoms with Gasteiger partial charge in [-0.05, 0) is 12.5 Å². The number of aliphatic hydroxyl groups is 1. The number of aromatic nitrogens is 1. The Morgan fingerprint density at radius 3 is 2.83 bits per heavy atom. The number of rotatable bonds is 5. The number of carbonyl (C=O) groups is 1. The van der Waals surface area contributed by atoms with E-state index in [4.69, 9.17) is 0 Å². The van der Waals surface area contributed by atoms with E-state index in [1.807, 2.05) is 6.92 Å². The number of pyridine rings is 1. The van der Waals surface area contributed by atoms with Crippen LogP contribution >= 0.6 is 0 Å². The van der Waals surface area contributed by atoms with Crippen LogP contribution in [0, 0.1) is 0 Å². The molecule has 100 valence electrons. The van der Waals surface area contributed by atoms with Crippen LogP contribution in [0.4, 0.5) is 10.5 Å². The van der Waals surface area contributed by atoms with Crippen molar-refractivity contribution in [2.45, 2.75) is 25.9 Å². The van der Waals surface area contributed by atoms with Gasteiger partial charge in [0.05, 0.1) is 11.8 Å². The molecule has 2 amide bonds. The van der Waals surface area contributed by atoms with Gasteiger partial charge in [0.15, 0.2) is 0 Å². The van der Waals surface area contributed by atoms with Gasteiger partial charge in [-0.1, -0.05) is 13.3 Å². The minimum Gasteiger partial charge on any atom is -0.391 e. The molecule has 0 saturated carbocycles. The zero-order valence-electron chi connectivity index (χ0n) is 10.6. The van der Waals surface area contributed by atoms with Crippen LogP contribution < -0.4 is 16.2 Å². The van der Waals surface area contributed by atoms with E-state index < -0.39 is 12.1 Å². The molecule has 1 aromatic heterocycles. The summed E-state index contributed by atoms with van der Waals surface area (Å²) in [5.41, 5.74) is 0.388. The number of urea groups is 1. The van der Waals surface area contributed by atoms with Crippen molar-refractivity contribution in [3.8, 4) is 0 Å². The molecule has 6 nitrogen and oxygen atoms in total. The summed E-state index contributed by atoms with van der Waals surface area (Å²) in [5.74, 6) is 0. The lowest BCUT2D eigenvalue weighted by molar-refractivity contribution is 0.162. The predicted octanol–water partition coefficient (Wildman–Crippen LogP) is 0.668. The van der Waals surface area contributed by atoms with Crippen LogP contribution in [0.25, 0.3) is 0 Å². The molecule has 0 radical (unpaired) electrons. The van der Waals surface area contributed by atoms with Gasteiger partial charge >= 0.3 is 6.03 Å².